The third kappa shape index (κ3) is 12.3. The summed E-state index contributed by atoms with van der Waals surface area (Å²) in [5, 5.41) is 2.31. The topological polar surface area (TPSA) is 114 Å². The van der Waals surface area contributed by atoms with Crippen LogP contribution >= 0.6 is 0 Å². The van der Waals surface area contributed by atoms with Crippen molar-refractivity contribution in [3.05, 3.63) is 120 Å². The molecule has 3 fully saturated rings. The van der Waals surface area contributed by atoms with Crippen molar-refractivity contribution in [1.82, 2.24) is 33.8 Å². The smallest absolute Gasteiger partial charge is 0.256 e. The molecule has 0 N–H and O–H groups in total. The lowest BCUT2D eigenvalue weighted by molar-refractivity contribution is 0.0746. The molecule has 9 rings (SSSR count). The first-order chi connectivity index (χ1) is 34.5. The Morgan fingerprint density at radius 1 is 0.625 bits per heavy atom. The SMILES string of the molecule is CC(C)N(C)C(=O)c1cc(F)ccc1-n1cc(C2CCCCCC2)c2ccncc21.CC(C)N(C)C(=O)c1cc(F)ccc1-n1cc(C2CCCN(CC3CCC(CS(C)(=O)=O)CC3)CC2)c2ccncc21. The number of pyridine rings is 2. The van der Waals surface area contributed by atoms with Crippen molar-refractivity contribution >= 4 is 43.5 Å². The molecule has 2 amide bonds. The number of hydrogen-bond acceptors (Lipinski definition) is 7. The number of halogens is 2. The van der Waals surface area contributed by atoms with E-state index in [1.165, 1.54) is 85.6 Å². The van der Waals surface area contributed by atoms with Crippen LogP contribution in [-0.4, -0.2) is 112 Å². The zero-order valence-corrected chi connectivity index (χ0v) is 44.3. The van der Waals surface area contributed by atoms with E-state index in [1.807, 2.05) is 61.6 Å². The average Bonchev–Trinajstić information content (AvgIpc) is 3.68. The molecule has 0 bridgehead atoms. The number of likely N-dealkylation sites (tertiary alicyclic amines) is 1. The highest BCUT2D eigenvalue weighted by Crippen LogP contribution is 2.40. The van der Waals surface area contributed by atoms with Crippen molar-refractivity contribution < 1.29 is 26.8 Å². The fourth-order valence-corrected chi connectivity index (χ4v) is 12.7. The largest absolute Gasteiger partial charge is 0.339 e. The van der Waals surface area contributed by atoms with Crippen LogP contribution in [0.5, 0.6) is 0 Å². The molecule has 1 aliphatic heterocycles. The monoisotopic (exact) mass is 1000 g/mol. The molecule has 5 heterocycles. The number of carbonyl (C=O) groups excluding carboxylic acids is 2. The molecule has 1 unspecified atom stereocenters. The lowest BCUT2D eigenvalue weighted by Crippen LogP contribution is -2.33. The molecule has 2 saturated carbocycles. The fourth-order valence-electron chi connectivity index (χ4n) is 11.5. The van der Waals surface area contributed by atoms with E-state index in [1.54, 1.807) is 36.0 Å². The molecule has 6 aromatic rings. The van der Waals surface area contributed by atoms with Gasteiger partial charge in [-0.3, -0.25) is 19.6 Å². The lowest BCUT2D eigenvalue weighted by Gasteiger charge is -2.32. The Kier molecular flexibility index (Phi) is 17.0. The first kappa shape index (κ1) is 52.8. The standard InChI is InChI=1S/C33H45FN4O3S.C25H30FN3O/c1-23(2)36(3)33(39)29-18-27(34)11-12-31(29)38-21-30(28-13-15-35-19-32(28)38)26-6-5-16-37(17-14-26)20-24-7-9-25(10-8-24)22-42(4,40)41;1-17(2)28(3)25(30)21-14-19(26)10-11-23(21)29-16-22(18-8-6-4-5-7-9-18)20-12-13-27-15-24(20)29/h11-13,15,18-19,21,23-26H,5-10,14,16-17,20,22H2,1-4H3;10-18H,4-9H2,1-3H3. The van der Waals surface area contributed by atoms with Crippen LogP contribution in [0, 0.1) is 23.5 Å². The molecule has 11 nitrogen and oxygen atoms in total. The number of nitrogens with zero attached hydrogens (tertiary/aromatic N) is 7. The molecular weight excluding hydrogens is 929 g/mol. The molecule has 14 heteroatoms. The minimum absolute atomic E-state index is 0.0105. The number of sulfone groups is 1. The summed E-state index contributed by atoms with van der Waals surface area (Å²) in [5.74, 6) is 0.961. The van der Waals surface area contributed by atoms with Gasteiger partial charge in [0.05, 0.1) is 51.7 Å². The van der Waals surface area contributed by atoms with Crippen molar-refractivity contribution in [3.63, 3.8) is 0 Å². The Bertz CT molecular complexity index is 2950. The zero-order chi connectivity index (χ0) is 51.3. The van der Waals surface area contributed by atoms with Crippen molar-refractivity contribution in [2.24, 2.45) is 11.8 Å². The molecule has 2 aromatic carbocycles. The summed E-state index contributed by atoms with van der Waals surface area (Å²) in [6, 6.07) is 13.1. The summed E-state index contributed by atoms with van der Waals surface area (Å²) in [6.45, 7) is 11.0. The summed E-state index contributed by atoms with van der Waals surface area (Å²) in [4.78, 5) is 41.2. The predicted octanol–water partition coefficient (Wildman–Crippen LogP) is 12.1. The molecule has 72 heavy (non-hydrogen) atoms. The maximum atomic E-state index is 14.4. The molecule has 0 spiro atoms. The molecule has 3 aliphatic rings. The van der Waals surface area contributed by atoms with Gasteiger partial charge in [-0.2, -0.15) is 0 Å². The van der Waals surface area contributed by atoms with Gasteiger partial charge in [-0.25, -0.2) is 17.2 Å². The minimum Gasteiger partial charge on any atom is -0.339 e. The molecule has 1 atom stereocenters. The van der Waals surface area contributed by atoms with Crippen LogP contribution < -0.4 is 0 Å². The van der Waals surface area contributed by atoms with Crippen LogP contribution in [0.25, 0.3) is 33.2 Å². The number of benzene rings is 2. The molecule has 4 aromatic heterocycles. The predicted molar refractivity (Wildman–Crippen MR) is 285 cm³/mol. The molecule has 2 aliphatic carbocycles. The van der Waals surface area contributed by atoms with Crippen LogP contribution in [0.1, 0.15) is 155 Å². The second kappa shape index (κ2) is 23.2. The van der Waals surface area contributed by atoms with E-state index in [-0.39, 0.29) is 23.9 Å². The van der Waals surface area contributed by atoms with Crippen LogP contribution in [0.4, 0.5) is 8.78 Å². The second-order valence-corrected chi connectivity index (χ2v) is 23.8. The van der Waals surface area contributed by atoms with Crippen LogP contribution in [0.2, 0.25) is 0 Å². The average molecular weight is 1000 g/mol. The van der Waals surface area contributed by atoms with E-state index in [2.05, 4.69) is 39.4 Å². The van der Waals surface area contributed by atoms with Crippen LogP contribution in [0.15, 0.2) is 85.7 Å². The van der Waals surface area contributed by atoms with Gasteiger partial charge in [0.25, 0.3) is 11.8 Å². The van der Waals surface area contributed by atoms with Gasteiger partial charge in [0.15, 0.2) is 0 Å². The Morgan fingerprint density at radius 2 is 1.08 bits per heavy atom. The van der Waals surface area contributed by atoms with Crippen molar-refractivity contribution in [1.29, 1.82) is 0 Å². The Balaban J connectivity index is 0.000000204. The van der Waals surface area contributed by atoms with Gasteiger partial charge < -0.3 is 23.8 Å². The summed E-state index contributed by atoms with van der Waals surface area (Å²) in [5.41, 5.74) is 6.55. The molecule has 1 saturated heterocycles. The summed E-state index contributed by atoms with van der Waals surface area (Å²) >= 11 is 0. The van der Waals surface area contributed by atoms with Gasteiger partial charge in [0, 0.05) is 74.5 Å². The quantitative estimate of drug-likeness (QED) is 0.112. The van der Waals surface area contributed by atoms with Gasteiger partial charge in [0.1, 0.15) is 21.5 Å². The van der Waals surface area contributed by atoms with E-state index >= 15 is 0 Å². The third-order valence-corrected chi connectivity index (χ3v) is 17.0. The Morgan fingerprint density at radius 3 is 1.56 bits per heavy atom. The molecule has 386 valence electrons. The number of carbonyl (C=O) groups is 2. The van der Waals surface area contributed by atoms with Crippen molar-refractivity contribution in [2.75, 3.05) is 45.7 Å². The highest BCUT2D eigenvalue weighted by Gasteiger charge is 2.30. The third-order valence-electron chi connectivity index (χ3n) is 15.9. The summed E-state index contributed by atoms with van der Waals surface area (Å²) in [7, 11) is 0.604. The summed E-state index contributed by atoms with van der Waals surface area (Å²) in [6.07, 6.45) is 28.0. The number of aromatic nitrogens is 4. The fraction of sp³-hybridized carbons (Fsp3) is 0.517. The first-order valence-electron chi connectivity index (χ1n) is 26.4. The van der Waals surface area contributed by atoms with Gasteiger partial charge in [-0.15, -0.1) is 0 Å². The molecule has 0 radical (unpaired) electrons. The van der Waals surface area contributed by atoms with Gasteiger partial charge >= 0.3 is 0 Å². The summed E-state index contributed by atoms with van der Waals surface area (Å²) < 4.78 is 56.0. The minimum atomic E-state index is -2.91. The number of rotatable bonds is 12. The first-order valence-corrected chi connectivity index (χ1v) is 28.5. The Labute approximate surface area is 425 Å². The van der Waals surface area contributed by atoms with Gasteiger partial charge in [-0.1, -0.05) is 25.7 Å². The zero-order valence-electron chi connectivity index (χ0n) is 43.5. The van der Waals surface area contributed by atoms with E-state index in [4.69, 9.17) is 0 Å². The number of hydrogen-bond donors (Lipinski definition) is 0. The van der Waals surface area contributed by atoms with Crippen molar-refractivity contribution in [2.45, 2.75) is 135 Å². The van der Waals surface area contributed by atoms with E-state index < -0.39 is 21.5 Å². The van der Waals surface area contributed by atoms with Crippen molar-refractivity contribution in [3.8, 4) is 11.4 Å². The second-order valence-electron chi connectivity index (χ2n) is 21.6. The van der Waals surface area contributed by atoms with Crippen LogP contribution in [0.3, 0.4) is 0 Å². The van der Waals surface area contributed by atoms with E-state index in [0.717, 1.165) is 81.0 Å². The number of amides is 2. The molecular formula is C58H75F2N7O4S. The maximum Gasteiger partial charge on any atom is 0.256 e. The van der Waals surface area contributed by atoms with Gasteiger partial charge in [-0.05, 0) is 182 Å². The lowest BCUT2D eigenvalue weighted by atomic mass is 9.82. The Hall–Kier alpha value is -5.47. The highest BCUT2D eigenvalue weighted by atomic mass is 32.2. The maximum absolute atomic E-state index is 14.4. The van der Waals surface area contributed by atoms with E-state index in [0.29, 0.717) is 51.9 Å². The normalized spacial score (nSPS) is 19.5. The van der Waals surface area contributed by atoms with E-state index in [9.17, 15) is 26.8 Å². The van der Waals surface area contributed by atoms with Gasteiger partial charge in [0.2, 0.25) is 0 Å². The van der Waals surface area contributed by atoms with Crippen LogP contribution in [-0.2, 0) is 9.84 Å². The number of fused-ring (bicyclic) bond motifs is 2. The highest BCUT2D eigenvalue weighted by molar-refractivity contribution is 7.90.